The van der Waals surface area contributed by atoms with E-state index in [0.29, 0.717) is 41.6 Å². The summed E-state index contributed by atoms with van der Waals surface area (Å²) >= 11 is 12.2. The van der Waals surface area contributed by atoms with Gasteiger partial charge in [-0.05, 0) is 104 Å². The van der Waals surface area contributed by atoms with E-state index in [2.05, 4.69) is 47.2 Å². The van der Waals surface area contributed by atoms with Crippen LogP contribution in [0.3, 0.4) is 0 Å². The van der Waals surface area contributed by atoms with Crippen LogP contribution >= 0.6 is 50.2 Å². The number of nitrogens with zero attached hydrogens (tertiary/aromatic N) is 2. The van der Waals surface area contributed by atoms with Gasteiger partial charge in [-0.25, -0.2) is 19.6 Å². The van der Waals surface area contributed by atoms with Gasteiger partial charge in [-0.15, -0.1) is 22.7 Å². The average molecular weight is 748 g/mol. The summed E-state index contributed by atoms with van der Waals surface area (Å²) in [7, 11) is 0. The van der Waals surface area contributed by atoms with Crippen LogP contribution in [0.1, 0.15) is 25.7 Å². The zero-order valence-corrected chi connectivity index (χ0v) is 29.1. The van der Waals surface area contributed by atoms with Crippen molar-refractivity contribution in [1.29, 1.82) is 0 Å². The predicted molar refractivity (Wildman–Crippen MR) is 189 cm³/mol. The number of carbonyl (C=O) groups is 2. The van der Waals surface area contributed by atoms with E-state index in [1.807, 2.05) is 53.9 Å². The Labute approximate surface area is 289 Å². The van der Waals surface area contributed by atoms with Gasteiger partial charge in [0.15, 0.2) is 0 Å². The van der Waals surface area contributed by atoms with E-state index < -0.39 is 12.2 Å². The highest BCUT2D eigenvalue weighted by Gasteiger charge is 2.18. The maximum absolute atomic E-state index is 12.1. The van der Waals surface area contributed by atoms with E-state index in [0.717, 1.165) is 77.6 Å². The smallest absolute Gasteiger partial charge is 0.411 e. The summed E-state index contributed by atoms with van der Waals surface area (Å²) in [5.41, 5.74) is 3.11. The Kier molecular flexibility index (Phi) is 13.2. The van der Waals surface area contributed by atoms with Crippen molar-refractivity contribution in [3.8, 4) is 21.1 Å². The first-order valence-corrected chi connectivity index (χ1v) is 18.1. The highest BCUT2D eigenvalue weighted by atomic mass is 79.9. The molecule has 2 amide bonds. The quantitative estimate of drug-likeness (QED) is 0.142. The van der Waals surface area contributed by atoms with Crippen molar-refractivity contribution in [3.05, 3.63) is 69.0 Å². The molecule has 0 unspecified atom stereocenters. The Balaban J connectivity index is 0.000000181. The van der Waals surface area contributed by atoms with Crippen LogP contribution < -0.4 is 21.3 Å². The molecule has 4 heterocycles. The monoisotopic (exact) mass is 746 g/mol. The van der Waals surface area contributed by atoms with Crippen molar-refractivity contribution in [2.24, 2.45) is 11.8 Å². The maximum atomic E-state index is 12.1. The lowest BCUT2D eigenvalue weighted by Crippen LogP contribution is -2.31. The second-order valence-corrected chi connectivity index (χ2v) is 13.8. The fourth-order valence-electron chi connectivity index (χ4n) is 5.09. The Morgan fingerprint density at radius 1 is 0.761 bits per heavy atom. The molecular formula is C32H36BrClN6O4S2. The Morgan fingerprint density at radius 2 is 1.22 bits per heavy atom. The molecule has 2 aromatic heterocycles. The van der Waals surface area contributed by atoms with E-state index in [-0.39, 0.29) is 0 Å². The first-order chi connectivity index (χ1) is 22.4. The number of amides is 2. The van der Waals surface area contributed by atoms with Crippen molar-refractivity contribution in [1.82, 2.24) is 20.6 Å². The second kappa shape index (κ2) is 17.7. The van der Waals surface area contributed by atoms with Crippen molar-refractivity contribution in [2.75, 3.05) is 50.0 Å². The Morgan fingerprint density at radius 3 is 1.65 bits per heavy atom. The third-order valence-electron chi connectivity index (χ3n) is 7.56. The van der Waals surface area contributed by atoms with Crippen molar-refractivity contribution in [3.63, 3.8) is 0 Å². The van der Waals surface area contributed by atoms with Gasteiger partial charge < -0.3 is 20.1 Å². The summed E-state index contributed by atoms with van der Waals surface area (Å²) in [5.74, 6) is 0.891. The lowest BCUT2D eigenvalue weighted by molar-refractivity contribution is 0.130. The van der Waals surface area contributed by atoms with Gasteiger partial charge in [0.2, 0.25) is 0 Å². The SMILES string of the molecule is O=C(Nc1ccccc1-c1nc(Br)cs1)OCC1CCNCC1.O=C(Nc1ccccc1-c1nc(Cl)cs1)OCC1CCNCC1. The molecule has 46 heavy (non-hydrogen) atoms. The van der Waals surface area contributed by atoms with Crippen LogP contribution in [-0.4, -0.2) is 61.5 Å². The number of hydrogen-bond acceptors (Lipinski definition) is 10. The third kappa shape index (κ3) is 10.5. The third-order valence-corrected chi connectivity index (χ3v) is 10.3. The average Bonchev–Trinajstić information content (AvgIpc) is 3.72. The minimum absolute atomic E-state index is 0.411. The van der Waals surface area contributed by atoms with E-state index in [4.69, 9.17) is 21.1 Å². The minimum atomic E-state index is -0.432. The van der Waals surface area contributed by atoms with Gasteiger partial charge in [0.1, 0.15) is 19.8 Å². The summed E-state index contributed by atoms with van der Waals surface area (Å²) in [6.07, 6.45) is 3.35. The molecule has 0 aliphatic carbocycles. The lowest BCUT2D eigenvalue weighted by Gasteiger charge is -2.22. The fraction of sp³-hybridized carbons (Fsp3) is 0.375. The molecule has 0 radical (unpaired) electrons. The normalized spacial score (nSPS) is 15.3. The van der Waals surface area contributed by atoms with Crippen LogP contribution in [0.25, 0.3) is 21.1 Å². The highest BCUT2D eigenvalue weighted by molar-refractivity contribution is 9.10. The molecule has 4 aromatic rings. The van der Waals surface area contributed by atoms with Crippen LogP contribution in [0.2, 0.25) is 5.15 Å². The topological polar surface area (TPSA) is 126 Å². The largest absolute Gasteiger partial charge is 0.449 e. The molecule has 4 N–H and O–H groups in total. The molecule has 244 valence electrons. The van der Waals surface area contributed by atoms with Gasteiger partial charge in [0.25, 0.3) is 0 Å². The zero-order chi connectivity index (χ0) is 32.1. The van der Waals surface area contributed by atoms with Gasteiger partial charge >= 0.3 is 12.2 Å². The number of aromatic nitrogens is 2. The number of benzene rings is 2. The zero-order valence-electron chi connectivity index (χ0n) is 25.1. The highest BCUT2D eigenvalue weighted by Crippen LogP contribution is 2.33. The number of halogens is 2. The number of rotatable bonds is 8. The van der Waals surface area contributed by atoms with E-state index in [1.165, 1.54) is 22.7 Å². The predicted octanol–water partition coefficient (Wildman–Crippen LogP) is 8.13. The number of hydrogen-bond donors (Lipinski definition) is 4. The van der Waals surface area contributed by atoms with E-state index >= 15 is 0 Å². The van der Waals surface area contributed by atoms with Gasteiger partial charge in [0, 0.05) is 21.9 Å². The number of anilines is 2. The van der Waals surface area contributed by atoms with Gasteiger partial charge in [-0.1, -0.05) is 35.9 Å². The molecule has 0 bridgehead atoms. The first kappa shape index (κ1) is 34.3. The molecule has 0 saturated carbocycles. The molecule has 2 aliphatic heterocycles. The van der Waals surface area contributed by atoms with E-state index in [9.17, 15) is 9.59 Å². The van der Waals surface area contributed by atoms with Gasteiger partial charge in [-0.2, -0.15) is 0 Å². The number of ether oxygens (including phenoxy) is 2. The number of nitrogens with one attached hydrogen (secondary N) is 4. The Bertz CT molecular complexity index is 1460. The van der Waals surface area contributed by atoms with Crippen LogP contribution in [0.15, 0.2) is 63.9 Å². The summed E-state index contributed by atoms with van der Waals surface area (Å²) in [6, 6.07) is 15.1. The molecule has 2 aromatic carbocycles. The number of thiazole rings is 2. The van der Waals surface area contributed by atoms with E-state index in [1.54, 1.807) is 5.38 Å². The van der Waals surface area contributed by atoms with Crippen LogP contribution in [0.5, 0.6) is 0 Å². The molecule has 0 spiro atoms. The molecule has 2 fully saturated rings. The number of piperidine rings is 2. The minimum Gasteiger partial charge on any atom is -0.449 e. The summed E-state index contributed by atoms with van der Waals surface area (Å²) in [4.78, 5) is 32.8. The summed E-state index contributed by atoms with van der Waals surface area (Å²) < 4.78 is 11.5. The molecule has 2 aliphatic rings. The van der Waals surface area contributed by atoms with Crippen LogP contribution in [-0.2, 0) is 9.47 Å². The molecule has 2 saturated heterocycles. The Hall–Kier alpha value is -3.07. The van der Waals surface area contributed by atoms with Crippen molar-refractivity contribution < 1.29 is 19.1 Å². The molecule has 10 nitrogen and oxygen atoms in total. The summed E-state index contributed by atoms with van der Waals surface area (Å²) in [6.45, 7) is 4.90. The standard InChI is InChI=1S/C16H18BrN3O2S.C16H18ClN3O2S/c2*17-14-10-23-15(20-14)12-3-1-2-4-13(12)19-16(21)22-9-11-5-7-18-8-6-11/h2*1-4,10-11,18H,5-9H2,(H,19,21). The maximum Gasteiger partial charge on any atom is 0.411 e. The molecule has 14 heteroatoms. The van der Waals surface area contributed by atoms with Gasteiger partial charge in [0.05, 0.1) is 24.6 Å². The summed E-state index contributed by atoms with van der Waals surface area (Å²) in [5, 5.41) is 18.0. The van der Waals surface area contributed by atoms with Crippen LogP contribution in [0, 0.1) is 11.8 Å². The molecule has 6 rings (SSSR count). The van der Waals surface area contributed by atoms with Gasteiger partial charge in [-0.3, -0.25) is 10.6 Å². The molecular weight excluding hydrogens is 712 g/mol. The van der Waals surface area contributed by atoms with Crippen molar-refractivity contribution >= 4 is 73.8 Å². The number of para-hydroxylation sites is 2. The first-order valence-electron chi connectivity index (χ1n) is 15.1. The molecule has 0 atom stereocenters. The second-order valence-electron chi connectivity index (χ2n) is 10.9. The lowest BCUT2D eigenvalue weighted by atomic mass is 9.99. The fourth-order valence-corrected chi connectivity index (χ4v) is 7.37. The number of carbonyl (C=O) groups excluding carboxylic acids is 2. The van der Waals surface area contributed by atoms with Crippen LogP contribution in [0.4, 0.5) is 21.0 Å². The van der Waals surface area contributed by atoms with Crippen molar-refractivity contribution in [2.45, 2.75) is 25.7 Å².